The van der Waals surface area contributed by atoms with Crippen molar-refractivity contribution in [3.63, 3.8) is 0 Å². The molecule has 1 saturated heterocycles. The molecule has 0 radical (unpaired) electrons. The predicted molar refractivity (Wildman–Crippen MR) is 185 cm³/mol. The van der Waals surface area contributed by atoms with Crippen LogP contribution in [0.3, 0.4) is 0 Å². The zero-order chi connectivity index (χ0) is 37.2. The number of carbonyl (C=O) groups excluding carboxylic acids is 1. The summed E-state index contributed by atoms with van der Waals surface area (Å²) < 4.78 is 71.4. The number of likely N-dealkylation sites (tertiary alicyclic amines) is 1. The molecule has 1 aromatic carbocycles. The van der Waals surface area contributed by atoms with Crippen LogP contribution in [-0.2, 0) is 15.5 Å². The number of carboxylic acids is 1. The van der Waals surface area contributed by atoms with E-state index in [0.29, 0.717) is 93.7 Å². The maximum Gasteiger partial charge on any atom is 0.330 e. The number of ether oxygens (including phenoxy) is 2. The van der Waals surface area contributed by atoms with E-state index < -0.39 is 40.5 Å². The molecule has 0 spiro atoms. The van der Waals surface area contributed by atoms with Crippen LogP contribution in [0.4, 0.5) is 17.6 Å². The maximum atomic E-state index is 15.4. The molecular weight excluding hydrogens is 682 g/mol. The lowest BCUT2D eigenvalue weighted by molar-refractivity contribution is -0.163. The van der Waals surface area contributed by atoms with Gasteiger partial charge in [-0.05, 0) is 87.7 Å². The average molecular weight is 730 g/mol. The average Bonchev–Trinajstić information content (AvgIpc) is 3.44. The van der Waals surface area contributed by atoms with Gasteiger partial charge in [0, 0.05) is 63.5 Å². The zero-order valence-corrected chi connectivity index (χ0v) is 30.0. The third-order valence-corrected chi connectivity index (χ3v) is 11.8. The van der Waals surface area contributed by atoms with Gasteiger partial charge in [-0.25, -0.2) is 23.5 Å². The summed E-state index contributed by atoms with van der Waals surface area (Å²) in [4.78, 5) is 37.2. The molecule has 1 aliphatic heterocycles. The molecule has 282 valence electrons. The smallest absolute Gasteiger partial charge is 0.330 e. The van der Waals surface area contributed by atoms with Crippen molar-refractivity contribution in [2.24, 2.45) is 23.7 Å². The molecule has 2 aromatic heterocycles. The Hall–Kier alpha value is -3.78. The van der Waals surface area contributed by atoms with Crippen molar-refractivity contribution < 1.29 is 41.7 Å². The quantitative estimate of drug-likeness (QED) is 0.193. The second kappa shape index (κ2) is 13.6. The van der Waals surface area contributed by atoms with Crippen LogP contribution in [-0.4, -0.2) is 87.3 Å². The van der Waals surface area contributed by atoms with Crippen molar-refractivity contribution in [1.82, 2.24) is 24.8 Å². The van der Waals surface area contributed by atoms with Gasteiger partial charge in [-0.15, -0.1) is 0 Å². The molecule has 5 aliphatic rings. The van der Waals surface area contributed by atoms with Crippen LogP contribution in [0.1, 0.15) is 87.8 Å². The molecule has 4 aliphatic carbocycles. The van der Waals surface area contributed by atoms with Gasteiger partial charge in [0.1, 0.15) is 23.1 Å². The first kappa shape index (κ1) is 36.6. The molecule has 3 heterocycles. The summed E-state index contributed by atoms with van der Waals surface area (Å²) in [6.07, 6.45) is 7.75. The van der Waals surface area contributed by atoms with E-state index in [-0.39, 0.29) is 36.4 Å². The standard InChI is InChI=1S/C38H47F4N5O5/c1-21(19-51-4)47-18-30(28-6-5-27(16-31(28)47)52-26-7-9-46(10-8-26)20-36(2,39)40)33-43-17-29(32(44-33)37(3,41)42)34(48)45-38(35(49)50)24-12-22-11-23(14-24)15-25(38)13-22/h5-6,16-18,21-26H,7-15,19-20H2,1-4H3,(H,45,48)(H,49,50). The maximum absolute atomic E-state index is 15.4. The summed E-state index contributed by atoms with van der Waals surface area (Å²) in [5.74, 6) is -7.43. The number of nitrogens with one attached hydrogen (secondary N) is 1. The summed E-state index contributed by atoms with van der Waals surface area (Å²) >= 11 is 0. The fourth-order valence-electron chi connectivity index (χ4n) is 9.74. The number of carbonyl (C=O) groups is 2. The van der Waals surface area contributed by atoms with Crippen molar-refractivity contribution in [3.05, 3.63) is 41.9 Å². The number of amides is 1. The Labute approximate surface area is 300 Å². The number of methoxy groups -OCH3 is 1. The molecule has 2 N–H and O–H groups in total. The molecule has 1 atom stereocenters. The second-order valence-electron chi connectivity index (χ2n) is 15.9. The minimum atomic E-state index is -3.55. The number of rotatable bonds is 12. The van der Waals surface area contributed by atoms with Crippen molar-refractivity contribution in [2.45, 2.75) is 95.2 Å². The topological polar surface area (TPSA) is 119 Å². The van der Waals surface area contributed by atoms with Crippen molar-refractivity contribution in [1.29, 1.82) is 0 Å². The number of fused-ring (bicyclic) bond motifs is 1. The van der Waals surface area contributed by atoms with Crippen molar-refractivity contribution in [2.75, 3.05) is 33.4 Å². The number of benzene rings is 1. The van der Waals surface area contributed by atoms with Gasteiger partial charge in [0.2, 0.25) is 0 Å². The highest BCUT2D eigenvalue weighted by Crippen LogP contribution is 2.58. The van der Waals surface area contributed by atoms with Crippen molar-refractivity contribution >= 4 is 22.8 Å². The van der Waals surface area contributed by atoms with E-state index in [2.05, 4.69) is 15.3 Å². The lowest BCUT2D eigenvalue weighted by Gasteiger charge is -2.59. The van der Waals surface area contributed by atoms with E-state index in [1.165, 1.54) is 0 Å². The molecule has 3 aromatic rings. The number of nitrogens with zero attached hydrogens (tertiary/aromatic N) is 4. The van der Waals surface area contributed by atoms with Crippen LogP contribution in [0, 0.1) is 23.7 Å². The number of hydrogen-bond acceptors (Lipinski definition) is 7. The van der Waals surface area contributed by atoms with Gasteiger partial charge in [-0.3, -0.25) is 9.69 Å². The number of carboxylic acid groups (broad SMARTS) is 1. The van der Waals surface area contributed by atoms with Crippen LogP contribution in [0.5, 0.6) is 5.75 Å². The molecule has 5 fully saturated rings. The van der Waals surface area contributed by atoms with E-state index in [1.54, 1.807) is 30.3 Å². The number of aliphatic carboxylic acids is 1. The van der Waals surface area contributed by atoms with Gasteiger partial charge >= 0.3 is 5.97 Å². The van der Waals surface area contributed by atoms with Gasteiger partial charge in [-0.1, -0.05) is 0 Å². The fourth-order valence-corrected chi connectivity index (χ4v) is 9.74. The highest BCUT2D eigenvalue weighted by atomic mass is 19.3. The molecule has 8 rings (SSSR count). The molecule has 4 bridgehead atoms. The van der Waals surface area contributed by atoms with Crippen LogP contribution in [0.25, 0.3) is 22.3 Å². The third kappa shape index (κ3) is 6.88. The Morgan fingerprint density at radius 1 is 1.06 bits per heavy atom. The molecular formula is C38H47F4N5O5. The lowest BCUT2D eigenvalue weighted by Crippen LogP contribution is -2.70. The molecule has 52 heavy (non-hydrogen) atoms. The predicted octanol–water partition coefficient (Wildman–Crippen LogP) is 6.93. The van der Waals surface area contributed by atoms with E-state index in [0.717, 1.165) is 25.1 Å². The normalized spacial score (nSPS) is 27.2. The Bertz CT molecular complexity index is 1800. The Kier molecular flexibility index (Phi) is 9.54. The van der Waals surface area contributed by atoms with E-state index in [9.17, 15) is 23.5 Å². The molecule has 1 amide bonds. The molecule has 14 heteroatoms. The monoisotopic (exact) mass is 729 g/mol. The Morgan fingerprint density at radius 2 is 1.71 bits per heavy atom. The summed E-state index contributed by atoms with van der Waals surface area (Å²) in [6.45, 7) is 4.59. The minimum absolute atomic E-state index is 0.0159. The van der Waals surface area contributed by atoms with Crippen LogP contribution < -0.4 is 10.1 Å². The summed E-state index contributed by atoms with van der Waals surface area (Å²) in [5.41, 5.74) is -1.57. The van der Waals surface area contributed by atoms with Crippen LogP contribution >= 0.6 is 0 Å². The first-order valence-corrected chi connectivity index (χ1v) is 18.3. The van der Waals surface area contributed by atoms with Crippen LogP contribution in [0.15, 0.2) is 30.6 Å². The Morgan fingerprint density at radius 3 is 2.29 bits per heavy atom. The van der Waals surface area contributed by atoms with Gasteiger partial charge in [-0.2, -0.15) is 8.78 Å². The molecule has 10 nitrogen and oxygen atoms in total. The van der Waals surface area contributed by atoms with E-state index in [1.807, 2.05) is 17.6 Å². The summed E-state index contributed by atoms with van der Waals surface area (Å²) in [7, 11) is 1.58. The fraction of sp³-hybridized carbons (Fsp3) is 0.632. The third-order valence-electron chi connectivity index (χ3n) is 11.8. The Balaban J connectivity index is 1.19. The number of alkyl halides is 4. The lowest BCUT2D eigenvalue weighted by atomic mass is 9.48. The van der Waals surface area contributed by atoms with Gasteiger partial charge < -0.3 is 24.5 Å². The zero-order valence-electron chi connectivity index (χ0n) is 30.0. The highest BCUT2D eigenvalue weighted by Gasteiger charge is 2.62. The number of halogens is 4. The number of piperidine rings is 1. The second-order valence-corrected chi connectivity index (χ2v) is 15.9. The van der Waals surface area contributed by atoms with E-state index >= 15 is 8.78 Å². The SMILES string of the molecule is COCC(C)n1cc(-c2ncc(C(=O)NC3(C(=O)O)C4CC5CC(C4)CC3C5)c(C(C)(F)F)n2)c2ccc(OC3CCN(CC(C)(F)F)CC3)cc21. The molecule has 4 saturated carbocycles. The van der Waals surface area contributed by atoms with Crippen molar-refractivity contribution in [3.8, 4) is 17.1 Å². The first-order chi connectivity index (χ1) is 24.6. The number of hydrogen-bond donors (Lipinski definition) is 2. The number of aromatic nitrogens is 3. The summed E-state index contributed by atoms with van der Waals surface area (Å²) in [6, 6.07) is 5.25. The molecule has 1 unspecified atom stereocenters. The summed E-state index contributed by atoms with van der Waals surface area (Å²) in [5, 5.41) is 13.9. The highest BCUT2D eigenvalue weighted by molar-refractivity contribution is 6.00. The van der Waals surface area contributed by atoms with E-state index in [4.69, 9.17) is 9.47 Å². The minimum Gasteiger partial charge on any atom is -0.490 e. The first-order valence-electron chi connectivity index (χ1n) is 18.3. The van der Waals surface area contributed by atoms with Crippen LogP contribution in [0.2, 0.25) is 0 Å². The van der Waals surface area contributed by atoms with Gasteiger partial charge in [0.25, 0.3) is 17.8 Å². The van der Waals surface area contributed by atoms with Gasteiger partial charge in [0.15, 0.2) is 5.82 Å². The largest absolute Gasteiger partial charge is 0.490 e. The van der Waals surface area contributed by atoms with Gasteiger partial charge in [0.05, 0.1) is 30.3 Å².